The van der Waals surface area contributed by atoms with Crippen molar-refractivity contribution in [3.63, 3.8) is 0 Å². The molecule has 8 nitrogen and oxygen atoms in total. The summed E-state index contributed by atoms with van der Waals surface area (Å²) in [4.78, 5) is 40.6. The molecule has 0 saturated heterocycles. The van der Waals surface area contributed by atoms with E-state index < -0.39 is 19.1 Å². The number of amides is 1. The quantitative estimate of drug-likeness (QED) is 0.242. The van der Waals surface area contributed by atoms with Gasteiger partial charge in [0.05, 0.1) is 12.9 Å². The fraction of sp³-hybridized carbons (Fsp3) is 0.333. The first-order valence-electron chi connectivity index (χ1n) is 4.92. The van der Waals surface area contributed by atoms with Gasteiger partial charge in [-0.3, -0.25) is 15.3 Å². The van der Waals surface area contributed by atoms with E-state index in [0.29, 0.717) is 5.06 Å². The number of nitrogens with zero attached hydrogens (tertiary/aromatic N) is 1. The van der Waals surface area contributed by atoms with Gasteiger partial charge in [0, 0.05) is 0 Å². The van der Waals surface area contributed by atoms with Gasteiger partial charge in [-0.05, 0) is 12.1 Å². The normalized spacial score (nSPS) is 11.3. The zero-order valence-electron chi connectivity index (χ0n) is 9.61. The van der Waals surface area contributed by atoms with Crippen LogP contribution in [-0.2, 0) is 4.79 Å². The average Bonchev–Trinajstić information content (AvgIpc) is 2.79. The zero-order chi connectivity index (χ0) is 13.8. The second kappa shape index (κ2) is 6.03. The van der Waals surface area contributed by atoms with Crippen molar-refractivity contribution < 1.29 is 29.0 Å². The first-order chi connectivity index (χ1) is 8.32. The standard InChI is InChI=1S/C9H14N2O6P/c1-18(15,16)8(12)5-10-6-11(14)9(13)7-3-2-4-17-7/h2-4,10,14-16H,5-6H2,1H3/q+1. The molecule has 1 amide bonds. The van der Waals surface area contributed by atoms with Gasteiger partial charge in [0.15, 0.2) is 5.76 Å². The summed E-state index contributed by atoms with van der Waals surface area (Å²) in [6.45, 7) is 0.326. The molecule has 9 heteroatoms. The van der Waals surface area contributed by atoms with Crippen LogP contribution in [-0.4, -0.2) is 51.4 Å². The maximum Gasteiger partial charge on any atom is 0.339 e. The summed E-state index contributed by atoms with van der Waals surface area (Å²) in [6.07, 6.45) is 1.28. The molecular weight excluding hydrogens is 263 g/mol. The molecule has 0 atom stereocenters. The van der Waals surface area contributed by atoms with Crippen molar-refractivity contribution in [2.24, 2.45) is 0 Å². The number of hydrogen-bond donors (Lipinski definition) is 4. The number of carbonyl (C=O) groups is 2. The molecule has 0 aliphatic carbocycles. The van der Waals surface area contributed by atoms with Crippen molar-refractivity contribution in [3.05, 3.63) is 24.2 Å². The Morgan fingerprint density at radius 1 is 1.50 bits per heavy atom. The smallest absolute Gasteiger partial charge is 0.339 e. The van der Waals surface area contributed by atoms with Gasteiger partial charge in [-0.15, -0.1) is 0 Å². The lowest BCUT2D eigenvalue weighted by atomic mass is 10.4. The number of furan rings is 1. The maximum atomic E-state index is 11.4. The van der Waals surface area contributed by atoms with E-state index >= 15 is 0 Å². The SMILES string of the molecule is C[P+](O)(O)C(=O)CNCN(O)C(=O)c1ccco1. The van der Waals surface area contributed by atoms with Crippen molar-refractivity contribution in [2.45, 2.75) is 0 Å². The summed E-state index contributed by atoms with van der Waals surface area (Å²) in [5, 5.41) is 12.1. The van der Waals surface area contributed by atoms with Gasteiger partial charge in [0.25, 0.3) is 0 Å². The van der Waals surface area contributed by atoms with Crippen LogP contribution in [0.2, 0.25) is 0 Å². The number of nitrogens with one attached hydrogen (secondary N) is 1. The Morgan fingerprint density at radius 3 is 2.67 bits per heavy atom. The molecule has 0 aromatic carbocycles. The van der Waals surface area contributed by atoms with Crippen LogP contribution >= 0.6 is 7.72 Å². The molecule has 100 valence electrons. The van der Waals surface area contributed by atoms with Crippen LogP contribution in [0.25, 0.3) is 0 Å². The Hall–Kier alpha value is -1.31. The van der Waals surface area contributed by atoms with Gasteiger partial charge < -0.3 is 4.42 Å². The molecule has 4 N–H and O–H groups in total. The highest BCUT2D eigenvalue weighted by molar-refractivity contribution is 7.80. The van der Waals surface area contributed by atoms with Crippen molar-refractivity contribution >= 4 is 19.1 Å². The third-order valence-corrected chi connectivity index (χ3v) is 3.08. The molecule has 0 radical (unpaired) electrons. The zero-order valence-corrected chi connectivity index (χ0v) is 10.5. The van der Waals surface area contributed by atoms with Gasteiger partial charge in [-0.1, -0.05) is 0 Å². The summed E-state index contributed by atoms with van der Waals surface area (Å²) in [5.74, 6) is -0.821. The molecule has 1 aromatic heterocycles. The second-order valence-electron chi connectivity index (χ2n) is 3.57. The molecule has 1 rings (SSSR count). The number of carbonyl (C=O) groups excluding carboxylic acids is 2. The summed E-state index contributed by atoms with van der Waals surface area (Å²) in [6, 6.07) is 2.87. The van der Waals surface area contributed by atoms with E-state index in [1.54, 1.807) is 0 Å². The Labute approximate surface area is 103 Å². The Balaban J connectivity index is 2.36. The molecule has 0 aliphatic rings. The van der Waals surface area contributed by atoms with Crippen molar-refractivity contribution in [3.8, 4) is 0 Å². The lowest BCUT2D eigenvalue weighted by molar-refractivity contribution is -0.113. The first kappa shape index (κ1) is 14.7. The van der Waals surface area contributed by atoms with Gasteiger partial charge in [-0.2, -0.15) is 0 Å². The van der Waals surface area contributed by atoms with Crippen LogP contribution in [0.3, 0.4) is 0 Å². The van der Waals surface area contributed by atoms with Crippen LogP contribution in [0.4, 0.5) is 0 Å². The van der Waals surface area contributed by atoms with E-state index in [-0.39, 0.29) is 19.0 Å². The molecule has 18 heavy (non-hydrogen) atoms. The van der Waals surface area contributed by atoms with E-state index in [1.807, 2.05) is 0 Å². The van der Waals surface area contributed by atoms with Crippen LogP contribution < -0.4 is 5.32 Å². The monoisotopic (exact) mass is 277 g/mol. The molecule has 0 bridgehead atoms. The highest BCUT2D eigenvalue weighted by Crippen LogP contribution is 2.45. The third-order valence-electron chi connectivity index (χ3n) is 1.98. The molecule has 1 aromatic rings. The van der Waals surface area contributed by atoms with Crippen LogP contribution in [0, 0.1) is 0 Å². The fourth-order valence-corrected chi connectivity index (χ4v) is 1.43. The lowest BCUT2D eigenvalue weighted by Crippen LogP contribution is -2.38. The molecule has 1 heterocycles. The Morgan fingerprint density at radius 2 is 2.17 bits per heavy atom. The van der Waals surface area contributed by atoms with E-state index in [4.69, 9.17) is 14.2 Å². The van der Waals surface area contributed by atoms with Crippen LogP contribution in [0.5, 0.6) is 0 Å². The Bertz CT molecular complexity index is 413. The molecule has 0 aliphatic heterocycles. The highest BCUT2D eigenvalue weighted by atomic mass is 31.2. The fourth-order valence-electron chi connectivity index (χ4n) is 1.02. The number of hydrogen-bond acceptors (Lipinski definition) is 7. The Kier molecular flexibility index (Phi) is 4.94. The van der Waals surface area contributed by atoms with E-state index in [1.165, 1.54) is 18.4 Å². The van der Waals surface area contributed by atoms with E-state index in [9.17, 15) is 14.8 Å². The van der Waals surface area contributed by atoms with E-state index in [0.717, 1.165) is 6.66 Å². The minimum Gasteiger partial charge on any atom is -0.459 e. The largest absolute Gasteiger partial charge is 0.459 e. The average molecular weight is 277 g/mol. The number of rotatable bonds is 6. The van der Waals surface area contributed by atoms with Crippen LogP contribution in [0.15, 0.2) is 22.8 Å². The van der Waals surface area contributed by atoms with Crippen molar-refractivity contribution in [1.29, 1.82) is 0 Å². The molecule has 0 unspecified atom stereocenters. The first-order valence-corrected chi connectivity index (χ1v) is 7.07. The predicted molar refractivity (Wildman–Crippen MR) is 61.8 cm³/mol. The highest BCUT2D eigenvalue weighted by Gasteiger charge is 2.36. The summed E-state index contributed by atoms with van der Waals surface area (Å²) >= 11 is 0. The lowest BCUT2D eigenvalue weighted by Gasteiger charge is -2.14. The molecular formula is C9H14N2O6P+. The van der Waals surface area contributed by atoms with Gasteiger partial charge in [-0.25, -0.2) is 19.6 Å². The van der Waals surface area contributed by atoms with Gasteiger partial charge >= 0.3 is 19.1 Å². The number of hydroxylamine groups is 2. The second-order valence-corrected chi connectivity index (χ2v) is 5.90. The minimum atomic E-state index is -3.54. The predicted octanol–water partition coefficient (Wildman–Crippen LogP) is -0.353. The van der Waals surface area contributed by atoms with Gasteiger partial charge in [0.2, 0.25) is 0 Å². The van der Waals surface area contributed by atoms with Crippen molar-refractivity contribution in [1.82, 2.24) is 10.4 Å². The summed E-state index contributed by atoms with van der Waals surface area (Å²) < 4.78 is 4.78. The van der Waals surface area contributed by atoms with Gasteiger partial charge in [0.1, 0.15) is 13.2 Å². The summed E-state index contributed by atoms with van der Waals surface area (Å²) in [5.41, 5.74) is -0.777. The maximum absolute atomic E-state index is 11.4. The van der Waals surface area contributed by atoms with Crippen molar-refractivity contribution in [2.75, 3.05) is 19.9 Å². The van der Waals surface area contributed by atoms with E-state index in [2.05, 4.69) is 5.32 Å². The minimum absolute atomic E-state index is 0.0488. The molecule has 0 fully saturated rings. The summed E-state index contributed by atoms with van der Waals surface area (Å²) in [7, 11) is -3.54. The molecule has 0 spiro atoms. The molecule has 0 saturated carbocycles. The topological polar surface area (TPSA) is 123 Å². The third kappa shape index (κ3) is 4.17. The van der Waals surface area contributed by atoms with Crippen LogP contribution in [0.1, 0.15) is 10.6 Å².